The van der Waals surface area contributed by atoms with Crippen LogP contribution in [0.15, 0.2) is 42.5 Å². The Morgan fingerprint density at radius 3 is 2.11 bits per heavy atom. The van der Waals surface area contributed by atoms with Crippen molar-refractivity contribution in [2.45, 2.75) is 75.3 Å². The molecule has 0 amide bonds. The van der Waals surface area contributed by atoms with Gasteiger partial charge in [0.05, 0.1) is 21.3 Å². The first-order valence-electron chi connectivity index (χ1n) is 13.6. The molecule has 0 N–H and O–H groups in total. The van der Waals surface area contributed by atoms with Gasteiger partial charge >= 0.3 is 5.69 Å². The third-order valence-electron chi connectivity index (χ3n) is 9.54. The van der Waals surface area contributed by atoms with Crippen LogP contribution in [0.4, 0.5) is 17.1 Å². The third-order valence-corrected chi connectivity index (χ3v) is 9.54. The Morgan fingerprint density at radius 1 is 0.892 bits per heavy atom. The lowest BCUT2D eigenvalue weighted by molar-refractivity contribution is -0.395. The largest absolute Gasteiger partial charge is 0.455 e. The van der Waals surface area contributed by atoms with Crippen LogP contribution < -0.4 is 9.64 Å². The Balaban J connectivity index is 1.62. The zero-order valence-corrected chi connectivity index (χ0v) is 21.2. The van der Waals surface area contributed by atoms with Crippen molar-refractivity contribution in [3.05, 3.63) is 73.8 Å². The van der Waals surface area contributed by atoms with E-state index in [-0.39, 0.29) is 22.5 Å². The van der Waals surface area contributed by atoms with Crippen LogP contribution in [-0.2, 0) is 5.41 Å². The number of fused-ring (bicyclic) bond motifs is 2. The van der Waals surface area contributed by atoms with E-state index < -0.39 is 15.6 Å². The number of ether oxygens (including phenoxy) is 1. The summed E-state index contributed by atoms with van der Waals surface area (Å²) in [5, 5.41) is 23.7. The lowest BCUT2D eigenvalue weighted by Gasteiger charge is -2.57. The lowest BCUT2D eigenvalue weighted by atomic mass is 9.52. The Bertz CT molecular complexity index is 1260. The minimum Gasteiger partial charge on any atom is -0.455 e. The van der Waals surface area contributed by atoms with Crippen LogP contribution in [0.3, 0.4) is 0 Å². The van der Waals surface area contributed by atoms with E-state index in [2.05, 4.69) is 29.2 Å². The highest BCUT2D eigenvalue weighted by Crippen LogP contribution is 2.65. The van der Waals surface area contributed by atoms with Crippen molar-refractivity contribution in [1.82, 2.24) is 0 Å². The topological polar surface area (TPSA) is 98.8 Å². The number of nitro benzene ring substituents is 2. The molecule has 8 heteroatoms. The molecule has 2 heterocycles. The monoisotopic (exact) mass is 503 g/mol. The van der Waals surface area contributed by atoms with Crippen molar-refractivity contribution in [1.29, 1.82) is 0 Å². The highest BCUT2D eigenvalue weighted by atomic mass is 16.6. The molecule has 194 valence electrons. The van der Waals surface area contributed by atoms with Crippen molar-refractivity contribution in [3.8, 4) is 5.75 Å². The summed E-state index contributed by atoms with van der Waals surface area (Å²) in [6, 6.07) is 11.0. The van der Waals surface area contributed by atoms with Crippen LogP contribution in [0.1, 0.15) is 75.3 Å². The molecule has 0 saturated heterocycles. The van der Waals surface area contributed by atoms with Gasteiger partial charge in [-0.1, -0.05) is 56.7 Å². The van der Waals surface area contributed by atoms with Gasteiger partial charge in [0.25, 0.3) is 5.69 Å². The molecule has 0 unspecified atom stereocenters. The molecule has 1 spiro atoms. The van der Waals surface area contributed by atoms with E-state index in [4.69, 9.17) is 4.74 Å². The fourth-order valence-electron chi connectivity index (χ4n) is 8.13. The van der Waals surface area contributed by atoms with Crippen molar-refractivity contribution < 1.29 is 14.6 Å². The van der Waals surface area contributed by atoms with Crippen LogP contribution in [0.2, 0.25) is 0 Å². The summed E-state index contributed by atoms with van der Waals surface area (Å²) in [6.45, 7) is 0. The zero-order chi connectivity index (χ0) is 25.8. The van der Waals surface area contributed by atoms with Gasteiger partial charge in [0.15, 0.2) is 0 Å². The van der Waals surface area contributed by atoms with Crippen LogP contribution in [0.25, 0.3) is 6.08 Å². The molecule has 6 rings (SSSR count). The maximum Gasteiger partial charge on any atom is 0.318 e. The molecule has 0 aromatic heterocycles. The second-order valence-electron chi connectivity index (χ2n) is 11.1. The molecule has 8 nitrogen and oxygen atoms in total. The van der Waals surface area contributed by atoms with Gasteiger partial charge in [-0.25, -0.2) is 0 Å². The number of likely N-dealkylation sites (N-methyl/N-ethyl adjacent to an activating group) is 1. The third kappa shape index (κ3) is 3.33. The fraction of sp³-hybridized carbons (Fsp3) is 0.517. The molecular formula is C29H33N3O5. The predicted molar refractivity (Wildman–Crippen MR) is 142 cm³/mol. The van der Waals surface area contributed by atoms with E-state index in [1.807, 2.05) is 19.2 Å². The molecule has 2 aliphatic carbocycles. The quantitative estimate of drug-likeness (QED) is 0.324. The first-order chi connectivity index (χ1) is 17.9. The van der Waals surface area contributed by atoms with Gasteiger partial charge in [-0.15, -0.1) is 0 Å². The van der Waals surface area contributed by atoms with E-state index >= 15 is 0 Å². The molecular weight excluding hydrogens is 470 g/mol. The van der Waals surface area contributed by atoms with Crippen LogP contribution in [0.5, 0.6) is 5.75 Å². The van der Waals surface area contributed by atoms with E-state index in [0.29, 0.717) is 17.4 Å². The van der Waals surface area contributed by atoms with Crippen LogP contribution >= 0.6 is 0 Å². The van der Waals surface area contributed by atoms with E-state index in [0.717, 1.165) is 37.4 Å². The standard InChI is InChI=1S/C29H33N3O5/c1-30-25-15-9-8-14-24(25)29(21-10-4-2-5-11-21,22-12-6-3-7-13-22)28(30)17-16-20-18-23(31(33)34)19-26(32(35)36)27(20)37-28/h8-9,14-19,21-22H,2-7,10-13H2,1H3/t28-/m0/s1. The SMILES string of the molecule is CN1c2ccccc2C(C2CCCCC2)(C2CCCCC2)[C@@]12C=Cc1cc([N+](=O)[O-])cc([N+](=O)[O-])c1O2. The minimum absolute atomic E-state index is 0.133. The maximum absolute atomic E-state index is 12.2. The summed E-state index contributed by atoms with van der Waals surface area (Å²) >= 11 is 0. The van der Waals surface area contributed by atoms with Crippen LogP contribution in [0, 0.1) is 32.1 Å². The minimum atomic E-state index is -0.950. The highest BCUT2D eigenvalue weighted by Gasteiger charge is 2.68. The number of hydrogen-bond acceptors (Lipinski definition) is 6. The van der Waals surface area contributed by atoms with Crippen molar-refractivity contribution >= 4 is 23.1 Å². The number of para-hydroxylation sites is 1. The second kappa shape index (κ2) is 8.85. The van der Waals surface area contributed by atoms with E-state index in [9.17, 15) is 20.2 Å². The normalized spacial score (nSPS) is 24.9. The predicted octanol–water partition coefficient (Wildman–Crippen LogP) is 7.15. The summed E-state index contributed by atoms with van der Waals surface area (Å²) in [7, 11) is 2.04. The number of benzene rings is 2. The number of nitro groups is 2. The highest BCUT2D eigenvalue weighted by molar-refractivity contribution is 5.76. The molecule has 2 fully saturated rings. The number of non-ortho nitro benzene ring substituents is 1. The molecule has 2 aromatic rings. The Hall–Kier alpha value is -3.42. The van der Waals surface area contributed by atoms with Gasteiger partial charge in [0.2, 0.25) is 11.5 Å². The Kier molecular flexibility index (Phi) is 5.73. The summed E-state index contributed by atoms with van der Waals surface area (Å²) in [4.78, 5) is 24.8. The van der Waals surface area contributed by atoms with Gasteiger partial charge in [-0.2, -0.15) is 0 Å². The molecule has 0 radical (unpaired) electrons. The molecule has 2 aliphatic heterocycles. The lowest BCUT2D eigenvalue weighted by Crippen LogP contribution is -2.66. The van der Waals surface area contributed by atoms with Gasteiger partial charge in [-0.3, -0.25) is 20.2 Å². The summed E-state index contributed by atoms with van der Waals surface area (Å²) in [5.41, 5.74) is 0.807. The molecule has 0 bridgehead atoms. The molecule has 37 heavy (non-hydrogen) atoms. The number of anilines is 1. The Morgan fingerprint density at radius 2 is 1.51 bits per heavy atom. The zero-order valence-electron chi connectivity index (χ0n) is 21.2. The Labute approximate surface area is 216 Å². The number of rotatable bonds is 4. The van der Waals surface area contributed by atoms with Gasteiger partial charge in [0, 0.05) is 24.4 Å². The molecule has 2 saturated carbocycles. The van der Waals surface area contributed by atoms with Crippen LogP contribution in [-0.4, -0.2) is 22.6 Å². The maximum atomic E-state index is 12.2. The summed E-state index contributed by atoms with van der Waals surface area (Å²) in [6.07, 6.45) is 15.5. The van der Waals surface area contributed by atoms with E-state index in [1.54, 1.807) is 0 Å². The van der Waals surface area contributed by atoms with Gasteiger partial charge in [-0.05, 0) is 61.3 Å². The summed E-state index contributed by atoms with van der Waals surface area (Å²) in [5.74, 6) is 0.881. The second-order valence-corrected chi connectivity index (χ2v) is 11.1. The average Bonchev–Trinajstić information content (AvgIpc) is 3.13. The number of hydrogen-bond donors (Lipinski definition) is 0. The molecule has 1 atom stereocenters. The smallest absolute Gasteiger partial charge is 0.318 e. The van der Waals surface area contributed by atoms with E-state index in [1.165, 1.54) is 50.2 Å². The van der Waals surface area contributed by atoms with Gasteiger partial charge < -0.3 is 9.64 Å². The molecule has 4 aliphatic rings. The average molecular weight is 504 g/mol. The van der Waals surface area contributed by atoms with Crippen molar-refractivity contribution in [2.24, 2.45) is 11.8 Å². The van der Waals surface area contributed by atoms with Gasteiger partial charge in [0.1, 0.15) is 0 Å². The first kappa shape index (κ1) is 23.9. The first-order valence-corrected chi connectivity index (χ1v) is 13.6. The number of nitrogens with zero attached hydrogens (tertiary/aromatic N) is 3. The van der Waals surface area contributed by atoms with Crippen molar-refractivity contribution in [3.63, 3.8) is 0 Å². The molecule has 2 aromatic carbocycles. The summed E-state index contributed by atoms with van der Waals surface area (Å²) < 4.78 is 7.00. The fourth-order valence-corrected chi connectivity index (χ4v) is 8.13. The van der Waals surface area contributed by atoms with Crippen molar-refractivity contribution in [2.75, 3.05) is 11.9 Å².